The second kappa shape index (κ2) is 5.25. The summed E-state index contributed by atoms with van der Waals surface area (Å²) in [5.41, 5.74) is 0.257. The van der Waals surface area contributed by atoms with Crippen LogP contribution in [0.4, 0.5) is 5.95 Å². The molecule has 0 bridgehead atoms. The summed E-state index contributed by atoms with van der Waals surface area (Å²) in [4.78, 5) is 20.2. The van der Waals surface area contributed by atoms with Gasteiger partial charge in [0, 0.05) is 7.05 Å². The van der Waals surface area contributed by atoms with Crippen molar-refractivity contribution in [2.45, 2.75) is 0 Å². The predicted molar refractivity (Wildman–Crippen MR) is 70.9 cm³/mol. The Balaban J connectivity index is 1.98. The summed E-state index contributed by atoms with van der Waals surface area (Å²) in [7, 11) is 1.61. The number of carbonyl (C=O) groups excluding carboxylic acids is 1. The Kier molecular flexibility index (Phi) is 3.28. The third kappa shape index (κ3) is 2.56. The number of anilines is 1. The number of pyridine rings is 1. The lowest BCUT2D eigenvalue weighted by molar-refractivity contribution is 0.102. The van der Waals surface area contributed by atoms with Crippen LogP contribution in [0.25, 0.3) is 5.82 Å². The zero-order valence-corrected chi connectivity index (χ0v) is 11.4. The number of halogens is 1. The van der Waals surface area contributed by atoms with Crippen molar-refractivity contribution in [3.63, 3.8) is 0 Å². The summed E-state index contributed by atoms with van der Waals surface area (Å²) in [6.07, 6.45) is 2.75. The van der Waals surface area contributed by atoms with Gasteiger partial charge < -0.3 is 0 Å². The highest BCUT2D eigenvalue weighted by Gasteiger charge is 2.17. The van der Waals surface area contributed by atoms with E-state index < -0.39 is 5.91 Å². The maximum Gasteiger partial charge on any atom is 0.261 e. The highest BCUT2D eigenvalue weighted by molar-refractivity contribution is 6.29. The maximum atomic E-state index is 12.3. The van der Waals surface area contributed by atoms with Crippen LogP contribution in [0.1, 0.15) is 10.4 Å². The lowest BCUT2D eigenvalue weighted by Gasteiger charge is -2.08. The first-order valence-corrected chi connectivity index (χ1v) is 6.08. The Hall–Kier alpha value is -2.88. The summed E-state index contributed by atoms with van der Waals surface area (Å²) < 4.78 is 2.67. The largest absolute Gasteiger partial charge is 0.289 e. The third-order valence-electron chi connectivity index (χ3n) is 2.57. The number of carbonyl (C=O) groups is 1. The monoisotopic (exact) mass is 305 g/mol. The molecule has 0 spiro atoms. The average molecular weight is 306 g/mol. The van der Waals surface area contributed by atoms with Crippen molar-refractivity contribution in [2.24, 2.45) is 7.05 Å². The number of hydrogen-bond donors (Lipinski definition) is 1. The molecule has 106 valence electrons. The number of aryl methyl sites for hydroxylation is 1. The van der Waals surface area contributed by atoms with Crippen molar-refractivity contribution in [3.8, 4) is 5.82 Å². The number of amides is 1. The molecule has 10 nitrogen and oxygen atoms in total. The number of nitrogens with one attached hydrogen (secondary N) is 1. The van der Waals surface area contributed by atoms with Gasteiger partial charge in [-0.2, -0.15) is 5.10 Å². The Morgan fingerprint density at radius 3 is 2.90 bits per heavy atom. The van der Waals surface area contributed by atoms with Gasteiger partial charge in [-0.25, -0.2) is 19.3 Å². The van der Waals surface area contributed by atoms with Crippen LogP contribution in [0.2, 0.25) is 5.15 Å². The van der Waals surface area contributed by atoms with Crippen LogP contribution in [-0.4, -0.2) is 45.9 Å². The van der Waals surface area contributed by atoms with Crippen LogP contribution in [0.5, 0.6) is 0 Å². The topological polar surface area (TPSA) is 116 Å². The highest BCUT2D eigenvalue weighted by Crippen LogP contribution is 2.16. The Morgan fingerprint density at radius 1 is 1.38 bits per heavy atom. The van der Waals surface area contributed by atoms with Gasteiger partial charge in [0.25, 0.3) is 5.91 Å². The van der Waals surface area contributed by atoms with Crippen molar-refractivity contribution in [1.82, 2.24) is 40.0 Å². The molecule has 0 aliphatic carbocycles. The molecule has 0 fully saturated rings. The lowest BCUT2D eigenvalue weighted by Crippen LogP contribution is -2.18. The van der Waals surface area contributed by atoms with E-state index in [0.29, 0.717) is 0 Å². The quantitative estimate of drug-likeness (QED) is 0.682. The fraction of sp³-hybridized carbons (Fsp3) is 0.100. The van der Waals surface area contributed by atoms with Crippen LogP contribution >= 0.6 is 11.6 Å². The second-order valence-corrected chi connectivity index (χ2v) is 4.31. The minimum atomic E-state index is -0.442. The summed E-state index contributed by atoms with van der Waals surface area (Å²) in [5, 5.41) is 17.5. The number of rotatable bonds is 3. The molecule has 0 atom stereocenters. The second-order valence-electron chi connectivity index (χ2n) is 3.93. The van der Waals surface area contributed by atoms with Crippen LogP contribution in [0.15, 0.2) is 24.8 Å². The summed E-state index contributed by atoms with van der Waals surface area (Å²) in [6.45, 7) is 0. The molecular formula is C10H8ClN9O. The van der Waals surface area contributed by atoms with Gasteiger partial charge in [-0.05, 0) is 22.6 Å². The van der Waals surface area contributed by atoms with E-state index in [-0.39, 0.29) is 22.5 Å². The predicted octanol–water partition coefficient (Wildman–Crippen LogP) is 0.0915. The van der Waals surface area contributed by atoms with E-state index >= 15 is 0 Å². The van der Waals surface area contributed by atoms with Crippen molar-refractivity contribution in [2.75, 3.05) is 5.32 Å². The van der Waals surface area contributed by atoms with Crippen molar-refractivity contribution in [1.29, 1.82) is 0 Å². The van der Waals surface area contributed by atoms with Crippen molar-refractivity contribution >= 4 is 23.5 Å². The molecule has 0 aliphatic rings. The Bertz CT molecular complexity index is 782. The summed E-state index contributed by atoms with van der Waals surface area (Å²) in [6, 6.07) is 3.04. The van der Waals surface area contributed by atoms with Gasteiger partial charge in [0.15, 0.2) is 5.82 Å². The standard InChI is InChI=1S/C10H8ClN9O/c1-19-10(16-17-18-19)15-9(21)6-2-3-7(11)14-8(6)20-5-12-4-13-20/h2-5H,1H3,(H,15,16,18,21). The van der Waals surface area contributed by atoms with E-state index in [0.717, 1.165) is 0 Å². The smallest absolute Gasteiger partial charge is 0.261 e. The van der Waals surface area contributed by atoms with Gasteiger partial charge in [0.05, 0.1) is 5.56 Å². The molecule has 0 saturated heterocycles. The molecule has 11 heteroatoms. The van der Waals surface area contributed by atoms with Gasteiger partial charge in [0.2, 0.25) is 5.95 Å². The molecule has 0 aromatic carbocycles. The summed E-state index contributed by atoms with van der Waals surface area (Å²) >= 11 is 5.87. The molecule has 1 N–H and O–H groups in total. The number of tetrazole rings is 1. The summed E-state index contributed by atoms with van der Waals surface area (Å²) in [5.74, 6) is 0.0229. The van der Waals surface area contributed by atoms with E-state index in [1.54, 1.807) is 7.05 Å². The molecule has 0 aliphatic heterocycles. The first-order valence-electron chi connectivity index (χ1n) is 5.70. The third-order valence-corrected chi connectivity index (χ3v) is 2.78. The van der Waals surface area contributed by atoms with Crippen LogP contribution in [0, 0.1) is 0 Å². The molecule has 0 radical (unpaired) electrons. The van der Waals surface area contributed by atoms with E-state index in [4.69, 9.17) is 11.6 Å². The van der Waals surface area contributed by atoms with Gasteiger partial charge in [0.1, 0.15) is 17.8 Å². The molecule has 3 aromatic heterocycles. The lowest BCUT2D eigenvalue weighted by atomic mass is 10.2. The number of hydrogen-bond acceptors (Lipinski definition) is 7. The van der Waals surface area contributed by atoms with Gasteiger partial charge in [-0.3, -0.25) is 10.1 Å². The van der Waals surface area contributed by atoms with Gasteiger partial charge in [-0.15, -0.1) is 0 Å². The van der Waals surface area contributed by atoms with Crippen LogP contribution in [-0.2, 0) is 7.05 Å². The Labute approximate surface area is 122 Å². The first kappa shape index (κ1) is 13.1. The molecule has 3 aromatic rings. The fourth-order valence-electron chi connectivity index (χ4n) is 1.60. The zero-order chi connectivity index (χ0) is 14.8. The average Bonchev–Trinajstić information content (AvgIpc) is 3.11. The molecule has 1 amide bonds. The van der Waals surface area contributed by atoms with Crippen LogP contribution < -0.4 is 5.32 Å². The minimum Gasteiger partial charge on any atom is -0.289 e. The van der Waals surface area contributed by atoms with E-state index in [1.807, 2.05) is 0 Å². The van der Waals surface area contributed by atoms with Gasteiger partial charge >= 0.3 is 0 Å². The van der Waals surface area contributed by atoms with E-state index in [1.165, 1.54) is 34.2 Å². The molecule has 0 unspecified atom stereocenters. The first-order chi connectivity index (χ1) is 10.1. The minimum absolute atomic E-state index is 0.208. The van der Waals surface area contributed by atoms with E-state index in [9.17, 15) is 4.79 Å². The number of aromatic nitrogens is 8. The normalized spacial score (nSPS) is 10.6. The number of nitrogens with zero attached hydrogens (tertiary/aromatic N) is 8. The zero-order valence-electron chi connectivity index (χ0n) is 10.7. The molecule has 3 heterocycles. The van der Waals surface area contributed by atoms with Crippen molar-refractivity contribution < 1.29 is 4.79 Å². The molecule has 21 heavy (non-hydrogen) atoms. The van der Waals surface area contributed by atoms with Crippen LogP contribution in [0.3, 0.4) is 0 Å². The molecule has 3 rings (SSSR count). The maximum absolute atomic E-state index is 12.3. The highest BCUT2D eigenvalue weighted by atomic mass is 35.5. The molecular weight excluding hydrogens is 298 g/mol. The fourth-order valence-corrected chi connectivity index (χ4v) is 1.74. The SMILES string of the molecule is Cn1nnnc1NC(=O)c1ccc(Cl)nc1-n1cncn1. The Morgan fingerprint density at radius 2 is 2.24 bits per heavy atom. The van der Waals surface area contributed by atoms with Crippen molar-refractivity contribution in [3.05, 3.63) is 35.5 Å². The molecule has 0 saturated carbocycles. The van der Waals surface area contributed by atoms with E-state index in [2.05, 4.69) is 35.9 Å². The van der Waals surface area contributed by atoms with Gasteiger partial charge in [-0.1, -0.05) is 16.7 Å².